The minimum atomic E-state index is -0.310. The summed E-state index contributed by atoms with van der Waals surface area (Å²) in [5, 5.41) is 3.23. The molecule has 0 bridgehead atoms. The van der Waals surface area contributed by atoms with Gasteiger partial charge in [-0.3, -0.25) is 0 Å². The Morgan fingerprint density at radius 1 is 1.25 bits per heavy atom. The molecule has 1 N–H and O–H groups in total. The van der Waals surface area contributed by atoms with E-state index < -0.39 is 0 Å². The van der Waals surface area contributed by atoms with E-state index >= 15 is 0 Å². The molecule has 0 saturated carbocycles. The van der Waals surface area contributed by atoms with E-state index in [9.17, 15) is 4.39 Å². The van der Waals surface area contributed by atoms with Crippen molar-refractivity contribution in [1.29, 1.82) is 0 Å². The van der Waals surface area contributed by atoms with Crippen molar-refractivity contribution in [3.63, 3.8) is 0 Å². The SMILES string of the molecule is CCNc1nc(-c2ccc(Br)c(F)c2)nc(CC)c1C. The number of anilines is 1. The number of nitrogens with zero attached hydrogens (tertiary/aromatic N) is 2. The average Bonchev–Trinajstić information content (AvgIpc) is 2.44. The van der Waals surface area contributed by atoms with Crippen LogP contribution in [0.2, 0.25) is 0 Å². The second-order valence-electron chi connectivity index (χ2n) is 4.48. The lowest BCUT2D eigenvalue weighted by Crippen LogP contribution is -2.07. The van der Waals surface area contributed by atoms with Crippen molar-refractivity contribution in [2.75, 3.05) is 11.9 Å². The van der Waals surface area contributed by atoms with Crippen LogP contribution < -0.4 is 5.32 Å². The Morgan fingerprint density at radius 2 is 2.00 bits per heavy atom. The zero-order valence-electron chi connectivity index (χ0n) is 11.8. The van der Waals surface area contributed by atoms with Crippen molar-refractivity contribution in [1.82, 2.24) is 9.97 Å². The summed E-state index contributed by atoms with van der Waals surface area (Å²) in [6, 6.07) is 4.93. The number of nitrogens with one attached hydrogen (secondary N) is 1. The third kappa shape index (κ3) is 2.98. The van der Waals surface area contributed by atoms with Crippen LogP contribution in [0.25, 0.3) is 11.4 Å². The summed E-state index contributed by atoms with van der Waals surface area (Å²) in [7, 11) is 0. The lowest BCUT2D eigenvalue weighted by atomic mass is 10.1. The zero-order valence-corrected chi connectivity index (χ0v) is 13.4. The van der Waals surface area contributed by atoms with Gasteiger partial charge < -0.3 is 5.32 Å². The molecule has 2 rings (SSSR count). The van der Waals surface area contributed by atoms with Gasteiger partial charge in [-0.2, -0.15) is 0 Å². The van der Waals surface area contributed by atoms with Gasteiger partial charge in [0.05, 0.1) is 4.47 Å². The molecular formula is C15H17BrFN3. The van der Waals surface area contributed by atoms with Crippen molar-refractivity contribution < 1.29 is 4.39 Å². The summed E-state index contributed by atoms with van der Waals surface area (Å²) >= 11 is 3.15. The van der Waals surface area contributed by atoms with Crippen molar-refractivity contribution in [2.24, 2.45) is 0 Å². The van der Waals surface area contributed by atoms with E-state index in [4.69, 9.17) is 0 Å². The molecule has 0 saturated heterocycles. The predicted octanol–water partition coefficient (Wildman–Crippen LogP) is 4.35. The van der Waals surface area contributed by atoms with Gasteiger partial charge in [0, 0.05) is 23.4 Å². The molecule has 1 aromatic heterocycles. The van der Waals surface area contributed by atoms with Crippen molar-refractivity contribution >= 4 is 21.7 Å². The maximum Gasteiger partial charge on any atom is 0.161 e. The Kier molecular flexibility index (Phi) is 4.70. The van der Waals surface area contributed by atoms with Gasteiger partial charge in [0.2, 0.25) is 0 Å². The van der Waals surface area contributed by atoms with Gasteiger partial charge >= 0.3 is 0 Å². The number of benzene rings is 1. The van der Waals surface area contributed by atoms with Crippen LogP contribution in [0.5, 0.6) is 0 Å². The molecule has 0 amide bonds. The Hall–Kier alpha value is -1.49. The minimum absolute atomic E-state index is 0.310. The maximum absolute atomic E-state index is 13.7. The first-order valence-electron chi connectivity index (χ1n) is 6.63. The lowest BCUT2D eigenvalue weighted by Gasteiger charge is -2.12. The number of aromatic nitrogens is 2. The fourth-order valence-electron chi connectivity index (χ4n) is 2.01. The van der Waals surface area contributed by atoms with E-state index in [1.807, 2.05) is 19.9 Å². The van der Waals surface area contributed by atoms with Crippen molar-refractivity contribution in [2.45, 2.75) is 27.2 Å². The summed E-state index contributed by atoms with van der Waals surface area (Å²) in [5.74, 6) is 1.06. The Bertz CT molecular complexity index is 629. The van der Waals surface area contributed by atoms with Crippen molar-refractivity contribution in [3.05, 3.63) is 39.7 Å². The number of aryl methyl sites for hydroxylation is 1. The molecule has 0 spiro atoms. The summed E-state index contributed by atoms with van der Waals surface area (Å²) < 4.78 is 14.1. The third-order valence-electron chi connectivity index (χ3n) is 3.10. The molecule has 0 aliphatic carbocycles. The van der Waals surface area contributed by atoms with Gasteiger partial charge in [-0.25, -0.2) is 14.4 Å². The van der Waals surface area contributed by atoms with Crippen molar-refractivity contribution in [3.8, 4) is 11.4 Å². The van der Waals surface area contributed by atoms with E-state index in [1.165, 1.54) is 6.07 Å². The second-order valence-corrected chi connectivity index (χ2v) is 5.33. The molecule has 0 unspecified atom stereocenters. The molecule has 0 radical (unpaired) electrons. The third-order valence-corrected chi connectivity index (χ3v) is 3.75. The Morgan fingerprint density at radius 3 is 2.60 bits per heavy atom. The molecule has 5 heteroatoms. The van der Waals surface area contributed by atoms with E-state index in [2.05, 4.69) is 38.1 Å². The number of rotatable bonds is 4. The quantitative estimate of drug-likeness (QED) is 0.901. The van der Waals surface area contributed by atoms with Crippen LogP contribution in [0.3, 0.4) is 0 Å². The van der Waals surface area contributed by atoms with Crippen LogP contribution in [0.1, 0.15) is 25.1 Å². The highest BCUT2D eigenvalue weighted by molar-refractivity contribution is 9.10. The number of hydrogen-bond acceptors (Lipinski definition) is 3. The van der Waals surface area contributed by atoms with Gasteiger partial charge in [0.15, 0.2) is 5.82 Å². The van der Waals surface area contributed by atoms with Crippen LogP contribution in [0, 0.1) is 12.7 Å². The molecule has 1 heterocycles. The maximum atomic E-state index is 13.7. The van der Waals surface area contributed by atoms with Crippen LogP contribution in [-0.4, -0.2) is 16.5 Å². The van der Waals surface area contributed by atoms with Gasteiger partial charge in [0.25, 0.3) is 0 Å². The topological polar surface area (TPSA) is 37.8 Å². The van der Waals surface area contributed by atoms with Crippen LogP contribution in [-0.2, 0) is 6.42 Å². The largest absolute Gasteiger partial charge is 0.370 e. The normalized spacial score (nSPS) is 10.7. The first-order valence-corrected chi connectivity index (χ1v) is 7.42. The Labute approximate surface area is 126 Å². The molecule has 0 fully saturated rings. The predicted molar refractivity (Wildman–Crippen MR) is 83.4 cm³/mol. The molecule has 0 aliphatic rings. The molecule has 0 aliphatic heterocycles. The average molecular weight is 338 g/mol. The summed E-state index contributed by atoms with van der Waals surface area (Å²) in [6.07, 6.45) is 0.818. The molecule has 20 heavy (non-hydrogen) atoms. The minimum Gasteiger partial charge on any atom is -0.370 e. The van der Waals surface area contributed by atoms with Gasteiger partial charge in [-0.05, 0) is 54.4 Å². The highest BCUT2D eigenvalue weighted by Gasteiger charge is 2.12. The van der Waals surface area contributed by atoms with E-state index in [1.54, 1.807) is 6.07 Å². The molecule has 2 aromatic rings. The molecule has 0 atom stereocenters. The number of halogens is 2. The molecule has 3 nitrogen and oxygen atoms in total. The second kappa shape index (κ2) is 6.31. The van der Waals surface area contributed by atoms with Gasteiger partial charge in [-0.15, -0.1) is 0 Å². The number of hydrogen-bond donors (Lipinski definition) is 1. The fraction of sp³-hybridized carbons (Fsp3) is 0.333. The van der Waals surface area contributed by atoms with E-state index in [-0.39, 0.29) is 5.82 Å². The van der Waals surface area contributed by atoms with Gasteiger partial charge in [0.1, 0.15) is 11.6 Å². The molecule has 1 aromatic carbocycles. The lowest BCUT2D eigenvalue weighted by molar-refractivity contribution is 0.621. The van der Waals surface area contributed by atoms with Crippen LogP contribution >= 0.6 is 15.9 Å². The van der Waals surface area contributed by atoms with Crippen LogP contribution in [0.4, 0.5) is 10.2 Å². The monoisotopic (exact) mass is 337 g/mol. The Balaban J connectivity index is 2.55. The first-order chi connectivity index (χ1) is 9.56. The summed E-state index contributed by atoms with van der Waals surface area (Å²) in [6.45, 7) is 6.86. The highest BCUT2D eigenvalue weighted by atomic mass is 79.9. The van der Waals surface area contributed by atoms with E-state index in [0.29, 0.717) is 15.9 Å². The van der Waals surface area contributed by atoms with Gasteiger partial charge in [-0.1, -0.05) is 6.92 Å². The van der Waals surface area contributed by atoms with Crippen LogP contribution in [0.15, 0.2) is 22.7 Å². The molecular weight excluding hydrogens is 321 g/mol. The zero-order chi connectivity index (χ0) is 14.7. The molecule has 106 valence electrons. The summed E-state index contributed by atoms with van der Waals surface area (Å²) in [4.78, 5) is 9.05. The fourth-order valence-corrected chi connectivity index (χ4v) is 2.26. The standard InChI is InChI=1S/C15H17BrFN3/c1-4-13-9(3)14(18-5-2)20-15(19-13)10-6-7-11(16)12(17)8-10/h6-8H,4-5H2,1-3H3,(H,18,19,20). The smallest absolute Gasteiger partial charge is 0.161 e. The van der Waals surface area contributed by atoms with E-state index in [0.717, 1.165) is 30.0 Å². The first kappa shape index (κ1) is 14.9. The summed E-state index contributed by atoms with van der Waals surface area (Å²) in [5.41, 5.74) is 2.71. The highest BCUT2D eigenvalue weighted by Crippen LogP contribution is 2.25.